The lowest BCUT2D eigenvalue weighted by Crippen LogP contribution is -2.11. The summed E-state index contributed by atoms with van der Waals surface area (Å²) in [6.07, 6.45) is 5.27. The van der Waals surface area contributed by atoms with Crippen LogP contribution in [0.25, 0.3) is 0 Å². The molecule has 0 saturated carbocycles. The minimum absolute atomic E-state index is 0.243. The number of benzene rings is 1. The Morgan fingerprint density at radius 2 is 2.21 bits per heavy atom. The average Bonchev–Trinajstić information content (AvgIpc) is 3.25. The minimum Gasteiger partial charge on any atom is -0.459 e. The lowest BCUT2D eigenvalue weighted by atomic mass is 10.1. The summed E-state index contributed by atoms with van der Waals surface area (Å²) in [5, 5.41) is 3.34. The Balaban J connectivity index is 1.62. The van der Waals surface area contributed by atoms with E-state index >= 15 is 0 Å². The molecule has 0 atom stereocenters. The first kappa shape index (κ1) is 14.6. The van der Waals surface area contributed by atoms with Gasteiger partial charge in [0.1, 0.15) is 6.33 Å². The summed E-state index contributed by atoms with van der Waals surface area (Å²) < 4.78 is 5.09. The van der Waals surface area contributed by atoms with Crippen LogP contribution in [0.15, 0.2) is 58.5 Å². The highest BCUT2D eigenvalue weighted by Gasteiger charge is 2.20. The first-order chi connectivity index (χ1) is 11.7. The molecule has 0 saturated heterocycles. The number of nitrogens with one attached hydrogen (secondary N) is 1. The van der Waals surface area contributed by atoms with Crippen LogP contribution in [0, 0.1) is 0 Å². The Bertz CT molecular complexity index is 951. The topological polar surface area (TPSA) is 80.4 Å². The highest BCUT2D eigenvalue weighted by atomic mass is 35.5. The fourth-order valence-electron chi connectivity index (χ4n) is 2.51. The van der Waals surface area contributed by atoms with Crippen LogP contribution in [0.4, 0.5) is 11.5 Å². The van der Waals surface area contributed by atoms with Crippen LogP contribution in [-0.4, -0.2) is 21.6 Å². The summed E-state index contributed by atoms with van der Waals surface area (Å²) in [6.45, 7) is 0. The number of aromatic nitrogens is 2. The van der Waals surface area contributed by atoms with Gasteiger partial charge in [-0.2, -0.15) is 0 Å². The van der Waals surface area contributed by atoms with E-state index in [1.165, 1.54) is 12.6 Å². The standard InChI is InChI=1S/C17H11ClN4O2/c18-13-4-3-11(21-17(23)15-2-1-5-24-15)7-12(13)14-6-10-8-19-9-20-16(10)22-14/h1-5,7-9H,6H2,(H,21,23). The Labute approximate surface area is 142 Å². The van der Waals surface area contributed by atoms with Gasteiger partial charge in [0.25, 0.3) is 5.91 Å². The molecule has 7 heteroatoms. The number of nitrogens with zero attached hydrogens (tertiary/aromatic N) is 3. The van der Waals surface area contributed by atoms with E-state index in [9.17, 15) is 4.79 Å². The van der Waals surface area contributed by atoms with E-state index in [1.807, 2.05) is 0 Å². The summed E-state index contributed by atoms with van der Waals surface area (Å²) in [5.41, 5.74) is 3.12. The Morgan fingerprint density at radius 1 is 1.29 bits per heavy atom. The smallest absolute Gasteiger partial charge is 0.291 e. The molecule has 4 rings (SSSR count). The minimum atomic E-state index is -0.323. The molecule has 3 heterocycles. The quantitative estimate of drug-likeness (QED) is 0.790. The number of rotatable bonds is 3. The number of hydrogen-bond acceptors (Lipinski definition) is 5. The third-order valence-electron chi connectivity index (χ3n) is 3.64. The number of fused-ring (bicyclic) bond motifs is 1. The molecule has 0 fully saturated rings. The highest BCUT2D eigenvalue weighted by molar-refractivity contribution is 6.34. The fourth-order valence-corrected chi connectivity index (χ4v) is 2.73. The summed E-state index contributed by atoms with van der Waals surface area (Å²) in [7, 11) is 0. The molecule has 1 aromatic carbocycles. The van der Waals surface area contributed by atoms with E-state index in [0.717, 1.165) is 16.8 Å². The van der Waals surface area contributed by atoms with Gasteiger partial charge in [-0.25, -0.2) is 15.0 Å². The molecule has 0 unspecified atom stereocenters. The van der Waals surface area contributed by atoms with Gasteiger partial charge in [-0.1, -0.05) is 11.6 Å². The van der Waals surface area contributed by atoms with E-state index in [1.54, 1.807) is 36.5 Å². The number of halogens is 1. The third-order valence-corrected chi connectivity index (χ3v) is 3.97. The molecular weight excluding hydrogens is 328 g/mol. The van der Waals surface area contributed by atoms with E-state index in [4.69, 9.17) is 16.0 Å². The number of amides is 1. The van der Waals surface area contributed by atoms with Crippen molar-refractivity contribution in [3.05, 3.63) is 71.0 Å². The van der Waals surface area contributed by atoms with Gasteiger partial charge in [0.15, 0.2) is 11.6 Å². The molecule has 0 radical (unpaired) electrons. The highest BCUT2D eigenvalue weighted by Crippen LogP contribution is 2.30. The lowest BCUT2D eigenvalue weighted by Gasteiger charge is -2.08. The monoisotopic (exact) mass is 338 g/mol. The predicted octanol–water partition coefficient (Wildman–Crippen LogP) is 3.65. The summed E-state index contributed by atoms with van der Waals surface area (Å²) in [4.78, 5) is 24.7. The second-order valence-corrected chi connectivity index (χ2v) is 5.64. The first-order valence-corrected chi connectivity index (χ1v) is 7.60. The molecular formula is C17H11ClN4O2. The maximum atomic E-state index is 12.1. The van der Waals surface area contributed by atoms with Crippen molar-refractivity contribution in [2.45, 2.75) is 6.42 Å². The summed E-state index contributed by atoms with van der Waals surface area (Å²) >= 11 is 6.31. The molecule has 0 aliphatic carbocycles. The van der Waals surface area contributed by atoms with Crippen molar-refractivity contribution >= 4 is 34.7 Å². The molecule has 0 bridgehead atoms. The van der Waals surface area contributed by atoms with Gasteiger partial charge in [-0.05, 0) is 30.3 Å². The normalized spacial score (nSPS) is 12.6. The van der Waals surface area contributed by atoms with Crippen LogP contribution in [0.2, 0.25) is 5.02 Å². The van der Waals surface area contributed by atoms with Crippen molar-refractivity contribution in [3.63, 3.8) is 0 Å². The van der Waals surface area contributed by atoms with Crippen molar-refractivity contribution in [2.24, 2.45) is 4.99 Å². The third kappa shape index (κ3) is 2.68. The van der Waals surface area contributed by atoms with E-state index < -0.39 is 0 Å². The Hall–Kier alpha value is -2.99. The summed E-state index contributed by atoms with van der Waals surface area (Å²) in [5.74, 6) is 0.573. The average molecular weight is 339 g/mol. The molecule has 1 aliphatic heterocycles. The molecule has 1 amide bonds. The molecule has 2 aromatic heterocycles. The number of carbonyl (C=O) groups excluding carboxylic acids is 1. The van der Waals surface area contributed by atoms with Gasteiger partial charge in [-0.3, -0.25) is 4.79 Å². The zero-order chi connectivity index (χ0) is 16.5. The van der Waals surface area contributed by atoms with Gasteiger partial charge >= 0.3 is 0 Å². The summed E-state index contributed by atoms with van der Waals surface area (Å²) in [6, 6.07) is 8.51. The van der Waals surface area contributed by atoms with Gasteiger partial charge < -0.3 is 9.73 Å². The zero-order valence-corrected chi connectivity index (χ0v) is 13.1. The second-order valence-electron chi connectivity index (χ2n) is 5.23. The van der Waals surface area contributed by atoms with Crippen molar-refractivity contribution in [3.8, 4) is 0 Å². The van der Waals surface area contributed by atoms with E-state index in [0.29, 0.717) is 22.9 Å². The van der Waals surface area contributed by atoms with Crippen LogP contribution < -0.4 is 5.32 Å². The van der Waals surface area contributed by atoms with Crippen LogP contribution in [0.1, 0.15) is 21.7 Å². The lowest BCUT2D eigenvalue weighted by molar-refractivity contribution is 0.0996. The molecule has 118 valence electrons. The number of anilines is 1. The van der Waals surface area contributed by atoms with E-state index in [-0.39, 0.29) is 11.7 Å². The van der Waals surface area contributed by atoms with E-state index in [2.05, 4.69) is 20.3 Å². The largest absolute Gasteiger partial charge is 0.459 e. The van der Waals surface area contributed by atoms with Gasteiger partial charge in [0, 0.05) is 34.5 Å². The molecule has 24 heavy (non-hydrogen) atoms. The Morgan fingerprint density at radius 3 is 3.00 bits per heavy atom. The van der Waals surface area contributed by atoms with Crippen molar-refractivity contribution < 1.29 is 9.21 Å². The molecule has 1 N–H and O–H groups in total. The Kier molecular flexibility index (Phi) is 3.59. The van der Waals surface area contributed by atoms with Crippen molar-refractivity contribution in [1.29, 1.82) is 0 Å². The van der Waals surface area contributed by atoms with Gasteiger partial charge in [0.05, 0.1) is 12.0 Å². The molecule has 1 aliphatic rings. The maximum absolute atomic E-state index is 12.1. The molecule has 3 aromatic rings. The first-order valence-electron chi connectivity index (χ1n) is 7.22. The number of aliphatic imine (C=N–C) groups is 1. The number of hydrogen-bond donors (Lipinski definition) is 1. The van der Waals surface area contributed by atoms with Crippen molar-refractivity contribution in [2.75, 3.05) is 5.32 Å². The fraction of sp³-hybridized carbons (Fsp3) is 0.0588. The van der Waals surface area contributed by atoms with Crippen LogP contribution in [0.3, 0.4) is 0 Å². The molecule has 0 spiro atoms. The SMILES string of the molecule is O=C(Nc1ccc(Cl)c(C2=Nc3ncncc3C2)c1)c1ccco1. The van der Waals surface area contributed by atoms with Crippen molar-refractivity contribution in [1.82, 2.24) is 9.97 Å². The number of furan rings is 1. The second kappa shape index (κ2) is 5.90. The zero-order valence-electron chi connectivity index (χ0n) is 12.4. The molecule has 6 nitrogen and oxygen atoms in total. The van der Waals surface area contributed by atoms with Crippen LogP contribution in [0.5, 0.6) is 0 Å². The predicted molar refractivity (Wildman–Crippen MR) is 90.0 cm³/mol. The van der Waals surface area contributed by atoms with Gasteiger partial charge in [-0.15, -0.1) is 0 Å². The van der Waals surface area contributed by atoms with Crippen LogP contribution in [-0.2, 0) is 6.42 Å². The van der Waals surface area contributed by atoms with Crippen LogP contribution >= 0.6 is 11.6 Å². The van der Waals surface area contributed by atoms with Gasteiger partial charge in [0.2, 0.25) is 0 Å². The number of carbonyl (C=O) groups is 1. The maximum Gasteiger partial charge on any atom is 0.291 e.